The van der Waals surface area contributed by atoms with Gasteiger partial charge in [-0.25, -0.2) is 9.78 Å². The molecule has 0 atom stereocenters. The second-order valence-electron chi connectivity index (χ2n) is 6.21. The number of esters is 1. The lowest BCUT2D eigenvalue weighted by Gasteiger charge is -2.20. The van der Waals surface area contributed by atoms with E-state index in [0.29, 0.717) is 5.52 Å². The van der Waals surface area contributed by atoms with Gasteiger partial charge in [-0.2, -0.15) is 0 Å². The molecule has 1 fully saturated rings. The number of carbonyl (C=O) groups excluding carboxylic acids is 3. The summed E-state index contributed by atoms with van der Waals surface area (Å²) in [5.41, 5.74) is 0.805. The minimum Gasteiger partial charge on any atom is -0.451 e. The van der Waals surface area contributed by atoms with E-state index in [0.717, 1.165) is 37.5 Å². The maximum Gasteiger partial charge on any atom is 0.357 e. The third-order valence-electron chi connectivity index (χ3n) is 4.38. The van der Waals surface area contributed by atoms with Gasteiger partial charge in [0, 0.05) is 11.3 Å². The fourth-order valence-electron chi connectivity index (χ4n) is 3.03. The van der Waals surface area contributed by atoms with Crippen LogP contribution in [0.5, 0.6) is 0 Å². The Morgan fingerprint density at radius 3 is 2.60 bits per heavy atom. The fourth-order valence-corrected chi connectivity index (χ4v) is 3.03. The van der Waals surface area contributed by atoms with Gasteiger partial charge < -0.3 is 4.74 Å². The topological polar surface area (TPSA) is 85.4 Å². The molecule has 0 bridgehead atoms. The summed E-state index contributed by atoms with van der Waals surface area (Å²) in [4.78, 5) is 40.0. The first-order chi connectivity index (χ1) is 12.1. The van der Waals surface area contributed by atoms with Gasteiger partial charge in [-0.15, -0.1) is 0 Å². The predicted molar refractivity (Wildman–Crippen MR) is 91.8 cm³/mol. The number of hydrogen-bond acceptors (Lipinski definition) is 5. The van der Waals surface area contributed by atoms with E-state index in [4.69, 9.17) is 4.74 Å². The Balaban J connectivity index is 1.52. The lowest BCUT2D eigenvalue weighted by molar-refractivity contribution is -0.135. The van der Waals surface area contributed by atoms with E-state index in [-0.39, 0.29) is 17.5 Å². The third kappa shape index (κ3) is 4.41. The quantitative estimate of drug-likeness (QED) is 0.865. The van der Waals surface area contributed by atoms with Gasteiger partial charge >= 0.3 is 5.97 Å². The van der Waals surface area contributed by atoms with Crippen LogP contribution < -0.4 is 5.32 Å². The Bertz CT molecular complexity index is 797. The van der Waals surface area contributed by atoms with Crippen molar-refractivity contribution in [2.75, 3.05) is 6.61 Å². The molecular formula is C19H20N2O4. The molecule has 1 aliphatic rings. The van der Waals surface area contributed by atoms with E-state index in [1.807, 2.05) is 18.2 Å². The number of benzene rings is 1. The van der Waals surface area contributed by atoms with Gasteiger partial charge in [0.1, 0.15) is 5.69 Å². The molecular weight excluding hydrogens is 320 g/mol. The molecule has 6 nitrogen and oxygen atoms in total. The van der Waals surface area contributed by atoms with E-state index in [1.54, 1.807) is 18.2 Å². The van der Waals surface area contributed by atoms with E-state index in [9.17, 15) is 14.4 Å². The minimum atomic E-state index is -0.689. The molecule has 130 valence electrons. The number of hydrogen-bond donors (Lipinski definition) is 1. The average molecular weight is 340 g/mol. The molecule has 6 heteroatoms. The molecule has 0 radical (unpaired) electrons. The summed E-state index contributed by atoms with van der Waals surface area (Å²) in [5.74, 6) is -1.68. The van der Waals surface area contributed by atoms with Crippen LogP contribution in [0.15, 0.2) is 36.4 Å². The van der Waals surface area contributed by atoms with Crippen LogP contribution in [-0.2, 0) is 14.3 Å². The standard InChI is InChI=1S/C19H20N2O4/c22-17(21-18(23)14-7-2-1-3-8-14)12-25-19(24)16-11-10-13-6-4-5-9-15(13)20-16/h4-6,9-11,14H,1-3,7-8,12H2,(H,21,22,23). The Labute approximate surface area is 145 Å². The number of carbonyl (C=O) groups is 3. The molecule has 1 saturated carbocycles. The molecule has 2 aromatic rings. The van der Waals surface area contributed by atoms with Crippen molar-refractivity contribution in [3.63, 3.8) is 0 Å². The number of pyridine rings is 1. The molecule has 1 aliphatic carbocycles. The summed E-state index contributed by atoms with van der Waals surface area (Å²) in [6.45, 7) is -0.494. The molecule has 0 unspecified atom stereocenters. The highest BCUT2D eigenvalue weighted by molar-refractivity contribution is 5.98. The zero-order valence-electron chi connectivity index (χ0n) is 13.9. The number of fused-ring (bicyclic) bond motifs is 1. The van der Waals surface area contributed by atoms with Crippen molar-refractivity contribution in [3.8, 4) is 0 Å². The van der Waals surface area contributed by atoms with E-state index in [1.165, 1.54) is 0 Å². The van der Waals surface area contributed by atoms with E-state index >= 15 is 0 Å². The highest BCUT2D eigenvalue weighted by Gasteiger charge is 2.23. The first-order valence-corrected chi connectivity index (χ1v) is 8.50. The van der Waals surface area contributed by atoms with Gasteiger partial charge in [-0.1, -0.05) is 43.5 Å². The Hall–Kier alpha value is -2.76. The van der Waals surface area contributed by atoms with Gasteiger partial charge in [0.15, 0.2) is 6.61 Å². The highest BCUT2D eigenvalue weighted by atomic mass is 16.5. The van der Waals surface area contributed by atoms with Crippen LogP contribution in [0.1, 0.15) is 42.6 Å². The molecule has 0 aliphatic heterocycles. The molecule has 25 heavy (non-hydrogen) atoms. The molecule has 2 amide bonds. The molecule has 0 spiro atoms. The van der Waals surface area contributed by atoms with Crippen LogP contribution in [0.3, 0.4) is 0 Å². The number of ether oxygens (including phenoxy) is 1. The van der Waals surface area contributed by atoms with Crippen LogP contribution in [0.4, 0.5) is 0 Å². The molecule has 1 aromatic carbocycles. The summed E-state index contributed by atoms with van der Waals surface area (Å²) < 4.78 is 4.96. The van der Waals surface area contributed by atoms with Crippen molar-refractivity contribution in [1.29, 1.82) is 0 Å². The maximum absolute atomic E-state index is 12.0. The van der Waals surface area contributed by atoms with Gasteiger partial charge in [0.2, 0.25) is 5.91 Å². The summed E-state index contributed by atoms with van der Waals surface area (Å²) in [6.07, 6.45) is 4.76. The summed E-state index contributed by atoms with van der Waals surface area (Å²) >= 11 is 0. The number of nitrogens with one attached hydrogen (secondary N) is 1. The van der Waals surface area contributed by atoms with Crippen LogP contribution in [0, 0.1) is 5.92 Å². The molecule has 1 N–H and O–H groups in total. The lowest BCUT2D eigenvalue weighted by atomic mass is 9.89. The average Bonchev–Trinajstić information content (AvgIpc) is 2.66. The Morgan fingerprint density at radius 2 is 1.80 bits per heavy atom. The number of rotatable bonds is 4. The number of aromatic nitrogens is 1. The van der Waals surface area contributed by atoms with Crippen LogP contribution in [0.2, 0.25) is 0 Å². The Kier molecular flexibility index (Phi) is 5.38. The van der Waals surface area contributed by atoms with E-state index < -0.39 is 18.5 Å². The zero-order chi connectivity index (χ0) is 17.6. The van der Waals surface area contributed by atoms with Gasteiger partial charge in [0.25, 0.3) is 5.91 Å². The van der Waals surface area contributed by atoms with Crippen molar-refractivity contribution in [1.82, 2.24) is 10.3 Å². The van der Waals surface area contributed by atoms with Crippen molar-refractivity contribution < 1.29 is 19.1 Å². The lowest BCUT2D eigenvalue weighted by Crippen LogP contribution is -2.38. The van der Waals surface area contributed by atoms with E-state index in [2.05, 4.69) is 10.3 Å². The highest BCUT2D eigenvalue weighted by Crippen LogP contribution is 2.23. The zero-order valence-corrected chi connectivity index (χ0v) is 13.9. The van der Waals surface area contributed by atoms with Crippen molar-refractivity contribution in [2.24, 2.45) is 5.92 Å². The summed E-state index contributed by atoms with van der Waals surface area (Å²) in [7, 11) is 0. The first kappa shape index (κ1) is 17.1. The summed E-state index contributed by atoms with van der Waals surface area (Å²) in [6, 6.07) is 10.7. The minimum absolute atomic E-state index is 0.115. The van der Waals surface area contributed by atoms with Gasteiger partial charge in [-0.3, -0.25) is 14.9 Å². The van der Waals surface area contributed by atoms with Crippen molar-refractivity contribution >= 4 is 28.7 Å². The first-order valence-electron chi connectivity index (χ1n) is 8.50. The van der Waals surface area contributed by atoms with Crippen molar-refractivity contribution in [3.05, 3.63) is 42.1 Å². The number of imide groups is 1. The van der Waals surface area contributed by atoms with Gasteiger partial charge in [0.05, 0.1) is 5.52 Å². The molecule has 0 saturated heterocycles. The Morgan fingerprint density at radius 1 is 1.04 bits per heavy atom. The largest absolute Gasteiger partial charge is 0.451 e. The van der Waals surface area contributed by atoms with Crippen molar-refractivity contribution in [2.45, 2.75) is 32.1 Å². The second-order valence-corrected chi connectivity index (χ2v) is 6.21. The number of para-hydroxylation sites is 1. The van der Waals surface area contributed by atoms with Crippen LogP contribution >= 0.6 is 0 Å². The smallest absolute Gasteiger partial charge is 0.357 e. The van der Waals surface area contributed by atoms with Crippen LogP contribution in [0.25, 0.3) is 10.9 Å². The number of amides is 2. The summed E-state index contributed by atoms with van der Waals surface area (Å²) in [5, 5.41) is 3.22. The maximum atomic E-state index is 12.0. The third-order valence-corrected chi connectivity index (χ3v) is 4.38. The van der Waals surface area contributed by atoms with Crippen LogP contribution in [-0.4, -0.2) is 29.4 Å². The molecule has 1 heterocycles. The predicted octanol–water partition coefficient (Wildman–Crippen LogP) is 2.61. The normalized spacial score (nSPS) is 14.9. The fraction of sp³-hybridized carbons (Fsp3) is 0.368. The molecule has 3 rings (SSSR count). The van der Waals surface area contributed by atoms with Gasteiger partial charge in [-0.05, 0) is 25.0 Å². The SMILES string of the molecule is O=C(COC(=O)c1ccc2ccccc2n1)NC(=O)C1CCCCC1. The molecule has 1 aromatic heterocycles. The second kappa shape index (κ2) is 7.88. The monoisotopic (exact) mass is 340 g/mol. The number of nitrogens with zero attached hydrogens (tertiary/aromatic N) is 1.